The molecule has 0 amide bonds. The van der Waals surface area contributed by atoms with Crippen molar-refractivity contribution < 1.29 is 14.3 Å². The van der Waals surface area contributed by atoms with Crippen LogP contribution in [0.2, 0.25) is 5.02 Å². The van der Waals surface area contributed by atoms with Gasteiger partial charge in [0.05, 0.1) is 0 Å². The molecule has 1 aliphatic heterocycles. The number of hydrogen-bond donors (Lipinski definition) is 0. The molecular weight excluding hydrogens is 396 g/mol. The van der Waals surface area contributed by atoms with Gasteiger partial charge < -0.3 is 9.64 Å². The first-order valence-corrected chi connectivity index (χ1v) is 8.45. The third kappa shape index (κ3) is 3.16. The molecule has 0 N–H and O–H groups in total. The summed E-state index contributed by atoms with van der Waals surface area (Å²) in [5.41, 5.74) is 1.82. The molecule has 124 valence electrons. The fourth-order valence-corrected chi connectivity index (χ4v) is 3.43. The Bertz CT molecular complexity index is 841. The van der Waals surface area contributed by atoms with E-state index in [4.69, 9.17) is 16.3 Å². The zero-order valence-corrected chi connectivity index (χ0v) is 15.4. The van der Waals surface area contributed by atoms with Crippen LogP contribution in [0.3, 0.4) is 0 Å². The van der Waals surface area contributed by atoms with Crippen LogP contribution in [0.15, 0.2) is 34.9 Å². The van der Waals surface area contributed by atoms with E-state index in [0.29, 0.717) is 16.3 Å². The van der Waals surface area contributed by atoms with Crippen molar-refractivity contribution in [2.24, 2.45) is 0 Å². The van der Waals surface area contributed by atoms with Crippen molar-refractivity contribution in [1.29, 1.82) is 0 Å². The van der Waals surface area contributed by atoms with Crippen molar-refractivity contribution in [3.63, 3.8) is 0 Å². The predicted molar refractivity (Wildman–Crippen MR) is 95.0 cm³/mol. The molecule has 5 nitrogen and oxygen atoms in total. The molecule has 0 bridgehead atoms. The number of carbonyl (C=O) groups is 2. The number of pyridine rings is 1. The van der Waals surface area contributed by atoms with Gasteiger partial charge in [0.2, 0.25) is 5.88 Å². The van der Waals surface area contributed by atoms with E-state index in [-0.39, 0.29) is 24.2 Å². The molecule has 0 saturated carbocycles. The molecule has 0 saturated heterocycles. The topological polar surface area (TPSA) is 59.5 Å². The molecule has 1 unspecified atom stereocenters. The average molecular weight is 410 g/mol. The van der Waals surface area contributed by atoms with Crippen LogP contribution >= 0.6 is 27.5 Å². The lowest BCUT2D eigenvalue weighted by Crippen LogP contribution is -2.34. The SMILES string of the molecule is CC(C(=O)c1cnc2c(c1)N(C)CC(=O)O2)c1ccc(Br)cc1Cl. The van der Waals surface area contributed by atoms with E-state index in [0.717, 1.165) is 10.0 Å². The first kappa shape index (κ1) is 16.9. The number of hydrogen-bond acceptors (Lipinski definition) is 5. The highest BCUT2D eigenvalue weighted by molar-refractivity contribution is 9.10. The number of nitrogens with zero attached hydrogens (tertiary/aromatic N) is 2. The van der Waals surface area contributed by atoms with Gasteiger partial charge in [-0.1, -0.05) is 40.5 Å². The summed E-state index contributed by atoms with van der Waals surface area (Å²) >= 11 is 9.60. The minimum atomic E-state index is -0.415. The fourth-order valence-electron chi connectivity index (χ4n) is 2.59. The van der Waals surface area contributed by atoms with Crippen LogP contribution in [-0.2, 0) is 4.79 Å². The van der Waals surface area contributed by atoms with Gasteiger partial charge in [-0.15, -0.1) is 0 Å². The largest absolute Gasteiger partial charge is 0.404 e. The quantitative estimate of drug-likeness (QED) is 0.569. The van der Waals surface area contributed by atoms with Crippen LogP contribution in [0.25, 0.3) is 0 Å². The van der Waals surface area contributed by atoms with Crippen molar-refractivity contribution in [1.82, 2.24) is 4.98 Å². The molecule has 0 radical (unpaired) electrons. The smallest absolute Gasteiger partial charge is 0.332 e. The molecule has 24 heavy (non-hydrogen) atoms. The lowest BCUT2D eigenvalue weighted by atomic mass is 9.93. The van der Waals surface area contributed by atoms with E-state index < -0.39 is 5.92 Å². The van der Waals surface area contributed by atoms with Crippen LogP contribution in [0, 0.1) is 0 Å². The predicted octanol–water partition coefficient (Wildman–Crippen LogP) is 3.84. The summed E-state index contributed by atoms with van der Waals surface area (Å²) in [7, 11) is 1.75. The Kier molecular flexibility index (Phi) is 4.60. The summed E-state index contributed by atoms with van der Waals surface area (Å²) in [6.07, 6.45) is 1.43. The number of esters is 1. The summed E-state index contributed by atoms with van der Waals surface area (Å²) in [6, 6.07) is 7.14. The summed E-state index contributed by atoms with van der Waals surface area (Å²) in [5, 5.41) is 0.530. The van der Waals surface area contributed by atoms with E-state index >= 15 is 0 Å². The molecule has 3 rings (SSSR count). The van der Waals surface area contributed by atoms with E-state index in [9.17, 15) is 9.59 Å². The van der Waals surface area contributed by atoms with Crippen LogP contribution in [0.5, 0.6) is 5.88 Å². The molecule has 2 aromatic rings. The maximum Gasteiger partial charge on any atom is 0.332 e. The van der Waals surface area contributed by atoms with Gasteiger partial charge in [-0.25, -0.2) is 9.78 Å². The maximum atomic E-state index is 12.8. The Labute approximate surface area is 152 Å². The highest BCUT2D eigenvalue weighted by Gasteiger charge is 2.26. The van der Waals surface area contributed by atoms with Crippen LogP contribution < -0.4 is 9.64 Å². The minimum Gasteiger partial charge on any atom is -0.404 e. The first-order chi connectivity index (χ1) is 11.4. The van der Waals surface area contributed by atoms with Gasteiger partial charge in [-0.05, 0) is 23.8 Å². The monoisotopic (exact) mass is 408 g/mol. The number of fused-ring (bicyclic) bond motifs is 1. The number of rotatable bonds is 3. The third-order valence-electron chi connectivity index (χ3n) is 3.93. The molecule has 1 atom stereocenters. The standard InChI is InChI=1S/C17H14BrClN2O3/c1-9(12-4-3-11(18)6-13(12)19)16(23)10-5-14-17(20-7-10)24-15(22)8-21(14)2/h3-7,9H,8H2,1-2H3. The Morgan fingerprint density at radius 1 is 1.42 bits per heavy atom. The van der Waals surface area contributed by atoms with Crippen LogP contribution in [0.1, 0.15) is 28.8 Å². The second kappa shape index (κ2) is 6.53. The number of likely N-dealkylation sites (N-methyl/N-ethyl adjacent to an activating group) is 1. The number of anilines is 1. The zero-order valence-electron chi connectivity index (χ0n) is 13.0. The molecule has 2 heterocycles. The second-order valence-corrected chi connectivity index (χ2v) is 6.95. The maximum absolute atomic E-state index is 12.8. The lowest BCUT2D eigenvalue weighted by molar-refractivity contribution is -0.133. The number of ketones is 1. The number of ether oxygens (including phenoxy) is 1. The first-order valence-electron chi connectivity index (χ1n) is 7.28. The number of benzene rings is 1. The van der Waals surface area contributed by atoms with Crippen LogP contribution in [0.4, 0.5) is 5.69 Å². The second-order valence-electron chi connectivity index (χ2n) is 5.63. The van der Waals surface area contributed by atoms with Gasteiger partial charge >= 0.3 is 5.97 Å². The van der Waals surface area contributed by atoms with Gasteiger partial charge in [0.1, 0.15) is 12.2 Å². The Morgan fingerprint density at radius 2 is 2.17 bits per heavy atom. The van der Waals surface area contributed by atoms with Crippen molar-refractivity contribution in [3.8, 4) is 5.88 Å². The molecule has 1 aromatic heterocycles. The van der Waals surface area contributed by atoms with Crippen molar-refractivity contribution in [2.75, 3.05) is 18.5 Å². The normalized spacial score (nSPS) is 14.8. The molecule has 0 spiro atoms. The average Bonchev–Trinajstić information content (AvgIpc) is 2.53. The Balaban J connectivity index is 1.93. The molecule has 1 aliphatic rings. The summed E-state index contributed by atoms with van der Waals surface area (Å²) in [5.74, 6) is -0.659. The van der Waals surface area contributed by atoms with Gasteiger partial charge in [0.15, 0.2) is 5.78 Å². The van der Waals surface area contributed by atoms with Crippen molar-refractivity contribution in [2.45, 2.75) is 12.8 Å². The van der Waals surface area contributed by atoms with E-state index in [1.54, 1.807) is 31.0 Å². The Morgan fingerprint density at radius 3 is 2.88 bits per heavy atom. The summed E-state index contributed by atoms with van der Waals surface area (Å²) in [6.45, 7) is 1.93. The summed E-state index contributed by atoms with van der Waals surface area (Å²) in [4.78, 5) is 30.0. The van der Waals surface area contributed by atoms with E-state index in [1.165, 1.54) is 6.20 Å². The van der Waals surface area contributed by atoms with Crippen LogP contribution in [-0.4, -0.2) is 30.3 Å². The molecule has 0 aliphatic carbocycles. The number of Topliss-reactive ketones (excluding diaryl/α,β-unsaturated/α-hetero) is 1. The van der Waals surface area contributed by atoms with Crippen molar-refractivity contribution in [3.05, 3.63) is 51.1 Å². The highest BCUT2D eigenvalue weighted by Crippen LogP contribution is 2.33. The van der Waals surface area contributed by atoms with Gasteiger partial charge in [-0.3, -0.25) is 4.79 Å². The van der Waals surface area contributed by atoms with Gasteiger partial charge in [0, 0.05) is 34.2 Å². The molecular formula is C17H14BrClN2O3. The highest BCUT2D eigenvalue weighted by atomic mass is 79.9. The molecule has 0 fully saturated rings. The summed E-state index contributed by atoms with van der Waals surface area (Å²) < 4.78 is 5.94. The van der Waals surface area contributed by atoms with E-state index in [1.807, 2.05) is 12.1 Å². The van der Waals surface area contributed by atoms with Gasteiger partial charge in [-0.2, -0.15) is 0 Å². The molecule has 1 aromatic carbocycles. The van der Waals surface area contributed by atoms with E-state index in [2.05, 4.69) is 20.9 Å². The zero-order chi connectivity index (χ0) is 17.4. The molecule has 7 heteroatoms. The number of halogens is 2. The Hall–Kier alpha value is -1.92. The number of carbonyl (C=O) groups excluding carboxylic acids is 2. The number of aromatic nitrogens is 1. The fraction of sp³-hybridized carbons (Fsp3) is 0.235. The third-order valence-corrected chi connectivity index (χ3v) is 4.75. The van der Waals surface area contributed by atoms with Gasteiger partial charge in [0.25, 0.3) is 0 Å². The lowest BCUT2D eigenvalue weighted by Gasteiger charge is -2.25. The minimum absolute atomic E-state index is 0.0974. The van der Waals surface area contributed by atoms with Crippen molar-refractivity contribution >= 4 is 45.0 Å².